The molecule has 0 bridgehead atoms. The van der Waals surface area contributed by atoms with Crippen molar-refractivity contribution in [3.05, 3.63) is 46.9 Å². The van der Waals surface area contributed by atoms with Crippen molar-refractivity contribution in [1.82, 2.24) is 19.7 Å². The van der Waals surface area contributed by atoms with E-state index in [2.05, 4.69) is 20.4 Å². The van der Waals surface area contributed by atoms with Gasteiger partial charge in [0.1, 0.15) is 18.1 Å². The smallest absolute Gasteiger partial charge is 0.251 e. The van der Waals surface area contributed by atoms with Gasteiger partial charge in [0.25, 0.3) is 5.91 Å². The van der Waals surface area contributed by atoms with Crippen LogP contribution < -0.4 is 15.8 Å². The van der Waals surface area contributed by atoms with Crippen LogP contribution >= 0.6 is 0 Å². The molecule has 3 aromatic rings. The standard InChI is InChI=1S/C21H23FN6O3/c1-30-11-16(29)24-21-18(31-2)19(23)25-20(26-21)17-13-7-5-9-15(13)28(27-17)10-12-6-3-4-8-14(12)22/h3-4,6,8H,5,7,9-11H2,1-2H3,(H3,23,24,25,26,29). The van der Waals surface area contributed by atoms with E-state index in [1.165, 1.54) is 20.3 Å². The lowest BCUT2D eigenvalue weighted by Crippen LogP contribution is -2.19. The molecule has 162 valence electrons. The van der Waals surface area contributed by atoms with E-state index < -0.39 is 5.91 Å². The van der Waals surface area contributed by atoms with Gasteiger partial charge in [-0.3, -0.25) is 9.48 Å². The Morgan fingerprint density at radius 1 is 1.26 bits per heavy atom. The molecule has 0 atom stereocenters. The molecular formula is C21H23FN6O3. The van der Waals surface area contributed by atoms with Gasteiger partial charge in [-0.05, 0) is 25.3 Å². The maximum Gasteiger partial charge on any atom is 0.251 e. The van der Waals surface area contributed by atoms with Gasteiger partial charge in [0, 0.05) is 23.9 Å². The van der Waals surface area contributed by atoms with Gasteiger partial charge in [0.2, 0.25) is 5.75 Å². The second-order valence-corrected chi connectivity index (χ2v) is 7.17. The molecule has 1 aliphatic rings. The number of benzene rings is 1. The van der Waals surface area contributed by atoms with Crippen LogP contribution in [0.25, 0.3) is 11.5 Å². The van der Waals surface area contributed by atoms with Gasteiger partial charge in [-0.25, -0.2) is 14.4 Å². The number of halogens is 1. The number of ether oxygens (including phenoxy) is 2. The summed E-state index contributed by atoms with van der Waals surface area (Å²) >= 11 is 0. The molecule has 0 aliphatic heterocycles. The summed E-state index contributed by atoms with van der Waals surface area (Å²) in [7, 11) is 2.84. The molecule has 10 heteroatoms. The highest BCUT2D eigenvalue weighted by Crippen LogP contribution is 2.35. The van der Waals surface area contributed by atoms with E-state index in [1.54, 1.807) is 22.9 Å². The quantitative estimate of drug-likeness (QED) is 0.595. The number of methoxy groups -OCH3 is 2. The Morgan fingerprint density at radius 3 is 2.81 bits per heavy atom. The fourth-order valence-electron chi connectivity index (χ4n) is 3.77. The molecule has 4 rings (SSSR count). The molecule has 0 spiro atoms. The van der Waals surface area contributed by atoms with E-state index in [-0.39, 0.29) is 35.6 Å². The van der Waals surface area contributed by atoms with E-state index in [0.717, 1.165) is 30.5 Å². The van der Waals surface area contributed by atoms with Crippen molar-refractivity contribution in [1.29, 1.82) is 0 Å². The van der Waals surface area contributed by atoms with Crippen LogP contribution in [0.15, 0.2) is 24.3 Å². The molecule has 0 unspecified atom stereocenters. The number of amides is 1. The molecule has 0 fully saturated rings. The van der Waals surface area contributed by atoms with Gasteiger partial charge in [-0.1, -0.05) is 18.2 Å². The number of anilines is 2. The molecule has 3 N–H and O–H groups in total. The SMILES string of the molecule is COCC(=O)Nc1nc(-c2nn(Cc3ccccc3F)c3c2CCC3)nc(N)c1OC. The third kappa shape index (κ3) is 4.06. The number of fused-ring (bicyclic) bond motifs is 1. The largest absolute Gasteiger partial charge is 0.490 e. The molecule has 0 saturated carbocycles. The van der Waals surface area contributed by atoms with Crippen molar-refractivity contribution >= 4 is 17.5 Å². The van der Waals surface area contributed by atoms with Crippen LogP contribution in [0.2, 0.25) is 0 Å². The number of aromatic nitrogens is 4. The molecular weight excluding hydrogens is 403 g/mol. The number of nitrogen functional groups attached to an aromatic ring is 1. The van der Waals surface area contributed by atoms with Crippen molar-refractivity contribution in [3.63, 3.8) is 0 Å². The lowest BCUT2D eigenvalue weighted by atomic mass is 10.2. The first-order valence-corrected chi connectivity index (χ1v) is 9.84. The van der Waals surface area contributed by atoms with E-state index >= 15 is 0 Å². The summed E-state index contributed by atoms with van der Waals surface area (Å²) in [6, 6.07) is 6.63. The van der Waals surface area contributed by atoms with Gasteiger partial charge in [-0.15, -0.1) is 0 Å². The number of nitrogens with zero attached hydrogens (tertiary/aromatic N) is 4. The summed E-state index contributed by atoms with van der Waals surface area (Å²) in [5.74, 6) is -0.0234. The zero-order valence-corrected chi connectivity index (χ0v) is 17.3. The fourth-order valence-corrected chi connectivity index (χ4v) is 3.77. The Kier molecular flexibility index (Phi) is 5.81. The second-order valence-electron chi connectivity index (χ2n) is 7.17. The van der Waals surface area contributed by atoms with Crippen LogP contribution in [-0.4, -0.2) is 46.5 Å². The zero-order valence-electron chi connectivity index (χ0n) is 17.3. The van der Waals surface area contributed by atoms with Crippen molar-refractivity contribution in [2.24, 2.45) is 0 Å². The molecule has 2 aromatic heterocycles. The summed E-state index contributed by atoms with van der Waals surface area (Å²) in [6.45, 7) is 0.160. The second kappa shape index (κ2) is 8.68. The molecule has 1 aromatic carbocycles. The molecule has 0 radical (unpaired) electrons. The van der Waals surface area contributed by atoms with Gasteiger partial charge >= 0.3 is 0 Å². The van der Waals surface area contributed by atoms with E-state index in [1.807, 2.05) is 0 Å². The molecule has 31 heavy (non-hydrogen) atoms. The first-order valence-electron chi connectivity index (χ1n) is 9.84. The number of hydrogen-bond donors (Lipinski definition) is 2. The monoisotopic (exact) mass is 426 g/mol. The summed E-state index contributed by atoms with van der Waals surface area (Å²) in [5, 5.41) is 7.31. The van der Waals surface area contributed by atoms with Crippen LogP contribution in [0, 0.1) is 5.82 Å². The molecule has 1 aliphatic carbocycles. The maximum atomic E-state index is 14.2. The average Bonchev–Trinajstić information content (AvgIpc) is 3.33. The highest BCUT2D eigenvalue weighted by molar-refractivity contribution is 5.93. The Morgan fingerprint density at radius 2 is 2.06 bits per heavy atom. The Hall–Kier alpha value is -3.53. The van der Waals surface area contributed by atoms with Gasteiger partial charge in [0.15, 0.2) is 17.5 Å². The molecule has 1 amide bonds. The third-order valence-corrected chi connectivity index (χ3v) is 5.13. The zero-order chi connectivity index (χ0) is 22.0. The summed E-state index contributed by atoms with van der Waals surface area (Å²) < 4.78 is 26.1. The number of nitrogens with one attached hydrogen (secondary N) is 1. The predicted octanol–water partition coefficient (Wildman–Crippen LogP) is 2.19. The number of nitrogens with two attached hydrogens (primary N) is 1. The Bertz CT molecular complexity index is 1130. The summed E-state index contributed by atoms with van der Waals surface area (Å²) in [6.07, 6.45) is 2.60. The van der Waals surface area contributed by atoms with Crippen molar-refractivity contribution < 1.29 is 18.7 Å². The predicted molar refractivity (Wildman–Crippen MR) is 112 cm³/mol. The van der Waals surface area contributed by atoms with Crippen LogP contribution in [0.4, 0.5) is 16.0 Å². The minimum atomic E-state index is -0.403. The van der Waals surface area contributed by atoms with Crippen molar-refractivity contribution in [3.8, 4) is 17.3 Å². The van der Waals surface area contributed by atoms with Gasteiger partial charge in [0.05, 0.1) is 13.7 Å². The fraction of sp³-hybridized carbons (Fsp3) is 0.333. The van der Waals surface area contributed by atoms with Gasteiger partial charge in [-0.2, -0.15) is 5.10 Å². The normalized spacial score (nSPS) is 12.6. The van der Waals surface area contributed by atoms with Crippen molar-refractivity contribution in [2.45, 2.75) is 25.8 Å². The van der Waals surface area contributed by atoms with Crippen LogP contribution in [0.1, 0.15) is 23.2 Å². The maximum absolute atomic E-state index is 14.2. The molecule has 2 heterocycles. The highest BCUT2D eigenvalue weighted by Gasteiger charge is 2.27. The number of hydrogen-bond acceptors (Lipinski definition) is 7. The van der Waals surface area contributed by atoms with Crippen LogP contribution in [-0.2, 0) is 28.9 Å². The van der Waals surface area contributed by atoms with Crippen LogP contribution in [0.5, 0.6) is 5.75 Å². The summed E-state index contributed by atoms with van der Waals surface area (Å²) in [4.78, 5) is 20.8. The summed E-state index contributed by atoms with van der Waals surface area (Å²) in [5.41, 5.74) is 9.23. The third-order valence-electron chi connectivity index (χ3n) is 5.13. The average molecular weight is 426 g/mol. The number of rotatable bonds is 7. The topological polar surface area (TPSA) is 117 Å². The van der Waals surface area contributed by atoms with Crippen LogP contribution in [0.3, 0.4) is 0 Å². The van der Waals surface area contributed by atoms with E-state index in [4.69, 9.17) is 15.2 Å². The Balaban J connectivity index is 1.75. The molecule has 0 saturated heterocycles. The first-order chi connectivity index (χ1) is 15.0. The van der Waals surface area contributed by atoms with Gasteiger partial charge < -0.3 is 20.5 Å². The lowest BCUT2D eigenvalue weighted by molar-refractivity contribution is -0.119. The lowest BCUT2D eigenvalue weighted by Gasteiger charge is -2.12. The Labute approximate surface area is 178 Å². The minimum Gasteiger partial charge on any atom is -0.490 e. The molecule has 9 nitrogen and oxygen atoms in total. The number of carbonyl (C=O) groups is 1. The van der Waals surface area contributed by atoms with E-state index in [0.29, 0.717) is 17.8 Å². The number of carbonyl (C=O) groups excluding carboxylic acids is 1. The van der Waals surface area contributed by atoms with E-state index in [9.17, 15) is 9.18 Å². The highest BCUT2D eigenvalue weighted by atomic mass is 19.1. The first kappa shape index (κ1) is 20.7. The minimum absolute atomic E-state index is 0.0793. The van der Waals surface area contributed by atoms with Crippen molar-refractivity contribution in [2.75, 3.05) is 31.9 Å².